The largest absolute Gasteiger partial charge is 0.354 e. The molecule has 0 saturated carbocycles. The standard InChI is InChI=1S/C37H24N2/c1-5-13-27-25(11-1)33-29(19-17-23-21-9-3-7-15-31(21)38-35(23)33)37(27)28-14-6-2-12-26(28)34-30(37)20-18-24-22-10-4-8-16-32(22)39-36(24)34/h1-3,5-9,11-20,38-39H,4,10H2. The maximum Gasteiger partial charge on any atom is 0.0727 e. The molecule has 0 saturated heterocycles. The van der Waals surface area contributed by atoms with E-state index >= 15 is 0 Å². The smallest absolute Gasteiger partial charge is 0.0727 e. The van der Waals surface area contributed by atoms with Crippen LogP contribution in [0.2, 0.25) is 0 Å². The Morgan fingerprint density at radius 1 is 0.538 bits per heavy atom. The second kappa shape index (κ2) is 6.78. The number of para-hydroxylation sites is 1. The number of rotatable bonds is 0. The molecule has 1 spiro atoms. The monoisotopic (exact) mass is 496 g/mol. The van der Waals surface area contributed by atoms with Gasteiger partial charge in [0, 0.05) is 38.5 Å². The average molecular weight is 497 g/mol. The lowest BCUT2D eigenvalue weighted by molar-refractivity contribution is 0.795. The molecule has 2 aromatic heterocycles. The molecule has 10 rings (SSSR count). The van der Waals surface area contributed by atoms with E-state index in [1.807, 2.05) is 0 Å². The number of aromatic amines is 2. The Balaban J connectivity index is 1.41. The van der Waals surface area contributed by atoms with Crippen molar-refractivity contribution in [2.75, 3.05) is 0 Å². The third kappa shape index (κ3) is 2.20. The second-order valence-corrected chi connectivity index (χ2v) is 11.3. The maximum absolute atomic E-state index is 3.87. The molecule has 0 radical (unpaired) electrons. The van der Waals surface area contributed by atoms with Gasteiger partial charge in [-0.2, -0.15) is 0 Å². The van der Waals surface area contributed by atoms with Crippen molar-refractivity contribution < 1.29 is 0 Å². The molecule has 2 N–H and O–H groups in total. The minimum absolute atomic E-state index is 0.348. The fourth-order valence-electron chi connectivity index (χ4n) is 8.21. The van der Waals surface area contributed by atoms with Crippen LogP contribution in [-0.4, -0.2) is 9.97 Å². The van der Waals surface area contributed by atoms with Crippen LogP contribution in [0, 0.1) is 0 Å². The Morgan fingerprint density at radius 3 is 1.95 bits per heavy atom. The number of hydrogen-bond donors (Lipinski definition) is 2. The zero-order valence-corrected chi connectivity index (χ0v) is 21.3. The maximum atomic E-state index is 3.87. The molecule has 2 nitrogen and oxygen atoms in total. The summed E-state index contributed by atoms with van der Waals surface area (Å²) in [4.78, 5) is 7.69. The highest BCUT2D eigenvalue weighted by molar-refractivity contribution is 6.15. The number of allylic oxidation sites excluding steroid dienone is 1. The van der Waals surface area contributed by atoms with Crippen LogP contribution in [0.25, 0.3) is 61.0 Å². The SMILES string of the molecule is C1=Cc2[nH]c3c4c(ccc3c2CC1)C1(c2ccccc2-4)c2ccccc2-c2c1ccc1c2[nH]c2ccccc21. The summed E-state index contributed by atoms with van der Waals surface area (Å²) >= 11 is 0. The lowest BCUT2D eigenvalue weighted by Gasteiger charge is -2.30. The quantitative estimate of drug-likeness (QED) is 0.210. The van der Waals surface area contributed by atoms with Gasteiger partial charge in [-0.1, -0.05) is 97.1 Å². The van der Waals surface area contributed by atoms with Gasteiger partial charge < -0.3 is 9.97 Å². The van der Waals surface area contributed by atoms with Crippen molar-refractivity contribution >= 4 is 38.8 Å². The fraction of sp³-hybridized carbons (Fsp3) is 0.0811. The Hall–Kier alpha value is -4.82. The van der Waals surface area contributed by atoms with E-state index in [-0.39, 0.29) is 5.41 Å². The molecule has 0 amide bonds. The third-order valence-corrected chi connectivity index (χ3v) is 9.65. The van der Waals surface area contributed by atoms with Crippen molar-refractivity contribution in [2.45, 2.75) is 18.3 Å². The van der Waals surface area contributed by atoms with Crippen molar-refractivity contribution in [3.8, 4) is 22.3 Å². The number of fused-ring (bicyclic) bond motifs is 18. The zero-order valence-electron chi connectivity index (χ0n) is 21.3. The van der Waals surface area contributed by atoms with Crippen molar-refractivity contribution in [3.05, 3.63) is 137 Å². The molecule has 2 heteroatoms. The summed E-state index contributed by atoms with van der Waals surface area (Å²) in [7, 11) is 0. The van der Waals surface area contributed by atoms with Gasteiger partial charge in [0.25, 0.3) is 0 Å². The van der Waals surface area contributed by atoms with E-state index in [1.165, 1.54) is 88.5 Å². The molecule has 1 unspecified atom stereocenters. The van der Waals surface area contributed by atoms with Gasteiger partial charge in [0.2, 0.25) is 0 Å². The van der Waals surface area contributed by atoms with E-state index in [2.05, 4.69) is 119 Å². The molecular formula is C37H24N2. The topological polar surface area (TPSA) is 31.6 Å². The molecule has 182 valence electrons. The summed E-state index contributed by atoms with van der Waals surface area (Å²) in [6.45, 7) is 0. The highest BCUT2D eigenvalue weighted by Gasteiger charge is 2.52. The molecule has 0 bridgehead atoms. The van der Waals surface area contributed by atoms with Crippen LogP contribution < -0.4 is 0 Å². The minimum Gasteiger partial charge on any atom is -0.354 e. The first-order valence-corrected chi connectivity index (χ1v) is 13.9. The Morgan fingerprint density at radius 2 is 1.18 bits per heavy atom. The first kappa shape index (κ1) is 20.2. The molecule has 39 heavy (non-hydrogen) atoms. The Labute approximate surface area is 225 Å². The molecule has 5 aromatic carbocycles. The zero-order chi connectivity index (χ0) is 25.3. The van der Waals surface area contributed by atoms with Gasteiger partial charge in [0.15, 0.2) is 0 Å². The summed E-state index contributed by atoms with van der Waals surface area (Å²) in [6, 6.07) is 36.5. The molecule has 0 aliphatic heterocycles. The van der Waals surface area contributed by atoms with Crippen molar-refractivity contribution in [1.29, 1.82) is 0 Å². The molecule has 2 heterocycles. The van der Waals surface area contributed by atoms with E-state index in [0.717, 1.165) is 12.8 Å². The average Bonchev–Trinajstić information content (AvgIpc) is 3.71. The van der Waals surface area contributed by atoms with Crippen LogP contribution in [0.5, 0.6) is 0 Å². The van der Waals surface area contributed by atoms with Gasteiger partial charge in [0.05, 0.1) is 16.4 Å². The van der Waals surface area contributed by atoms with E-state index in [1.54, 1.807) is 0 Å². The van der Waals surface area contributed by atoms with Gasteiger partial charge >= 0.3 is 0 Å². The summed E-state index contributed by atoms with van der Waals surface area (Å²) in [6.07, 6.45) is 6.78. The lowest BCUT2D eigenvalue weighted by atomic mass is 9.70. The molecule has 3 aliphatic carbocycles. The van der Waals surface area contributed by atoms with Crippen LogP contribution >= 0.6 is 0 Å². The third-order valence-electron chi connectivity index (χ3n) is 9.65. The predicted molar refractivity (Wildman–Crippen MR) is 161 cm³/mol. The van der Waals surface area contributed by atoms with Crippen LogP contribution in [0.1, 0.15) is 39.9 Å². The number of hydrogen-bond acceptors (Lipinski definition) is 0. The van der Waals surface area contributed by atoms with Crippen LogP contribution in [0.3, 0.4) is 0 Å². The summed E-state index contributed by atoms with van der Waals surface area (Å²) < 4.78 is 0. The molecule has 3 aliphatic rings. The summed E-state index contributed by atoms with van der Waals surface area (Å²) in [5.41, 5.74) is 17.0. The highest BCUT2D eigenvalue weighted by atomic mass is 14.7. The predicted octanol–water partition coefficient (Wildman–Crippen LogP) is 9.11. The number of aromatic nitrogens is 2. The van der Waals surface area contributed by atoms with E-state index < -0.39 is 0 Å². The minimum atomic E-state index is -0.348. The van der Waals surface area contributed by atoms with Crippen LogP contribution in [0.15, 0.2) is 103 Å². The van der Waals surface area contributed by atoms with Crippen molar-refractivity contribution in [3.63, 3.8) is 0 Å². The van der Waals surface area contributed by atoms with E-state index in [9.17, 15) is 0 Å². The first-order chi connectivity index (χ1) is 19.4. The Kier molecular flexibility index (Phi) is 3.51. The molecule has 7 aromatic rings. The molecule has 0 fully saturated rings. The number of H-pyrrole nitrogens is 2. The summed E-state index contributed by atoms with van der Waals surface area (Å²) in [5, 5.41) is 3.95. The van der Waals surface area contributed by atoms with Gasteiger partial charge in [-0.05, 0) is 63.9 Å². The van der Waals surface area contributed by atoms with Crippen LogP contribution in [-0.2, 0) is 11.8 Å². The van der Waals surface area contributed by atoms with Crippen LogP contribution in [0.4, 0.5) is 0 Å². The van der Waals surface area contributed by atoms with E-state index in [0.29, 0.717) is 0 Å². The highest BCUT2D eigenvalue weighted by Crippen LogP contribution is 2.64. The number of aryl methyl sites for hydroxylation is 1. The summed E-state index contributed by atoms with van der Waals surface area (Å²) in [5.74, 6) is 0. The first-order valence-electron chi connectivity index (χ1n) is 13.9. The van der Waals surface area contributed by atoms with Gasteiger partial charge in [-0.25, -0.2) is 0 Å². The van der Waals surface area contributed by atoms with E-state index in [4.69, 9.17) is 0 Å². The molecular weight excluding hydrogens is 472 g/mol. The van der Waals surface area contributed by atoms with Gasteiger partial charge in [0.1, 0.15) is 0 Å². The Bertz CT molecular complexity index is 2240. The van der Waals surface area contributed by atoms with Gasteiger partial charge in [-0.3, -0.25) is 0 Å². The fourth-order valence-corrected chi connectivity index (χ4v) is 8.21. The lowest BCUT2D eigenvalue weighted by Crippen LogP contribution is -2.25. The number of benzene rings is 5. The van der Waals surface area contributed by atoms with Crippen molar-refractivity contribution in [2.24, 2.45) is 0 Å². The molecule has 1 atom stereocenters. The second-order valence-electron chi connectivity index (χ2n) is 11.3. The van der Waals surface area contributed by atoms with Crippen molar-refractivity contribution in [1.82, 2.24) is 9.97 Å². The number of nitrogens with one attached hydrogen (secondary N) is 2. The van der Waals surface area contributed by atoms with Gasteiger partial charge in [-0.15, -0.1) is 0 Å². The normalized spacial score (nSPS) is 18.1.